The van der Waals surface area contributed by atoms with Crippen LogP contribution in [0.4, 0.5) is 5.69 Å². The van der Waals surface area contributed by atoms with Crippen LogP contribution in [0, 0.1) is 0 Å². The zero-order chi connectivity index (χ0) is 14.9. The summed E-state index contributed by atoms with van der Waals surface area (Å²) in [7, 11) is -3.25. The van der Waals surface area contributed by atoms with Gasteiger partial charge in [-0.3, -0.25) is 4.90 Å². The van der Waals surface area contributed by atoms with Crippen molar-refractivity contribution >= 4 is 15.7 Å². The van der Waals surface area contributed by atoms with E-state index in [-0.39, 0.29) is 5.75 Å². The molecule has 2 heterocycles. The van der Waals surface area contributed by atoms with Gasteiger partial charge in [-0.05, 0) is 50.0 Å². The van der Waals surface area contributed by atoms with Gasteiger partial charge >= 0.3 is 0 Å². The first-order chi connectivity index (χ1) is 10.0. The molecule has 2 saturated heterocycles. The number of nitrogens with zero attached hydrogens (tertiary/aromatic N) is 2. The normalized spacial score (nSPS) is 24.7. The topological polar surface area (TPSA) is 66.6 Å². The van der Waals surface area contributed by atoms with Crippen molar-refractivity contribution in [3.05, 3.63) is 29.8 Å². The Morgan fingerprint density at radius 1 is 1.10 bits per heavy atom. The molecule has 116 valence electrons. The van der Waals surface area contributed by atoms with E-state index in [4.69, 9.17) is 5.73 Å². The molecule has 2 N–H and O–H groups in total. The Morgan fingerprint density at radius 2 is 1.81 bits per heavy atom. The third-order valence-corrected chi connectivity index (χ3v) is 6.31. The van der Waals surface area contributed by atoms with Crippen LogP contribution in [0.5, 0.6) is 0 Å². The maximum Gasteiger partial charge on any atom is 0.218 e. The molecule has 0 spiro atoms. The molecule has 5 nitrogen and oxygen atoms in total. The quantitative estimate of drug-likeness (QED) is 0.854. The van der Waals surface area contributed by atoms with Crippen molar-refractivity contribution in [2.75, 3.05) is 31.9 Å². The molecule has 1 aromatic carbocycles. The second kappa shape index (κ2) is 5.94. The summed E-state index contributed by atoms with van der Waals surface area (Å²) in [5.41, 5.74) is 7.11. The van der Waals surface area contributed by atoms with Crippen LogP contribution in [0.3, 0.4) is 0 Å². The fraction of sp³-hybridized carbons (Fsp3) is 0.600. The Morgan fingerprint density at radius 3 is 2.57 bits per heavy atom. The molecular weight excluding hydrogens is 286 g/mol. The molecule has 1 unspecified atom stereocenters. The molecule has 0 bridgehead atoms. The summed E-state index contributed by atoms with van der Waals surface area (Å²) >= 11 is 0. The van der Waals surface area contributed by atoms with Gasteiger partial charge in [-0.1, -0.05) is 12.1 Å². The van der Waals surface area contributed by atoms with Crippen molar-refractivity contribution in [3.63, 3.8) is 0 Å². The van der Waals surface area contributed by atoms with Gasteiger partial charge in [0.15, 0.2) is 0 Å². The maximum absolute atomic E-state index is 12.7. The van der Waals surface area contributed by atoms with E-state index in [2.05, 4.69) is 4.90 Å². The number of benzene rings is 1. The summed E-state index contributed by atoms with van der Waals surface area (Å²) in [5, 5.41) is 0. The van der Waals surface area contributed by atoms with Gasteiger partial charge in [-0.25, -0.2) is 12.7 Å². The van der Waals surface area contributed by atoms with E-state index in [1.807, 2.05) is 0 Å². The van der Waals surface area contributed by atoms with E-state index >= 15 is 0 Å². The van der Waals surface area contributed by atoms with Gasteiger partial charge in [0, 0.05) is 24.8 Å². The fourth-order valence-electron chi connectivity index (χ4n) is 3.34. The van der Waals surface area contributed by atoms with Crippen molar-refractivity contribution in [3.8, 4) is 0 Å². The zero-order valence-corrected chi connectivity index (χ0v) is 13.1. The van der Waals surface area contributed by atoms with Crippen LogP contribution in [0.15, 0.2) is 24.3 Å². The third kappa shape index (κ3) is 3.39. The number of hydrogen-bond donors (Lipinski definition) is 1. The summed E-state index contributed by atoms with van der Waals surface area (Å²) in [4.78, 5) is 2.44. The van der Waals surface area contributed by atoms with Crippen LogP contribution in [0.25, 0.3) is 0 Å². The molecule has 1 atom stereocenters. The number of nitrogen functional groups attached to an aromatic ring is 1. The number of nitrogens with two attached hydrogens (primary N) is 1. The van der Waals surface area contributed by atoms with Gasteiger partial charge in [0.05, 0.1) is 5.75 Å². The minimum Gasteiger partial charge on any atom is -0.399 e. The predicted molar refractivity (Wildman–Crippen MR) is 84.3 cm³/mol. The Labute approximate surface area is 126 Å². The van der Waals surface area contributed by atoms with E-state index in [9.17, 15) is 8.42 Å². The summed E-state index contributed by atoms with van der Waals surface area (Å²) in [6.07, 6.45) is 3.24. The Kier molecular flexibility index (Phi) is 4.19. The standard InChI is InChI=1S/C15H23N3O2S/c16-14-6-4-13(5-7-14)12-21(19,20)18-10-2-9-17-8-1-3-15(17)11-18/h4-7,15H,1-3,8-12,16H2. The molecule has 6 heteroatoms. The van der Waals surface area contributed by atoms with Gasteiger partial charge in [-0.2, -0.15) is 0 Å². The molecule has 2 fully saturated rings. The van der Waals surface area contributed by atoms with E-state index in [0.717, 1.165) is 31.5 Å². The molecule has 1 aromatic rings. The van der Waals surface area contributed by atoms with Crippen LogP contribution in [0.1, 0.15) is 24.8 Å². The van der Waals surface area contributed by atoms with Crippen molar-refractivity contribution < 1.29 is 8.42 Å². The smallest absolute Gasteiger partial charge is 0.218 e. The maximum atomic E-state index is 12.7. The largest absolute Gasteiger partial charge is 0.399 e. The highest BCUT2D eigenvalue weighted by Crippen LogP contribution is 2.24. The highest BCUT2D eigenvalue weighted by molar-refractivity contribution is 7.88. The van der Waals surface area contributed by atoms with Crippen LogP contribution in [0.2, 0.25) is 0 Å². The monoisotopic (exact) mass is 309 g/mol. The predicted octanol–water partition coefficient (Wildman–Crippen LogP) is 1.27. The Balaban J connectivity index is 1.72. The first-order valence-corrected chi connectivity index (χ1v) is 9.22. The SMILES string of the molecule is Nc1ccc(CS(=O)(=O)N2CCCN3CCCC3C2)cc1. The van der Waals surface area contributed by atoms with Crippen LogP contribution < -0.4 is 5.73 Å². The number of sulfonamides is 1. The third-order valence-electron chi connectivity index (χ3n) is 4.49. The Hall–Kier alpha value is -1.11. The van der Waals surface area contributed by atoms with Gasteiger partial charge in [0.2, 0.25) is 10.0 Å². The van der Waals surface area contributed by atoms with Gasteiger partial charge in [-0.15, -0.1) is 0 Å². The lowest BCUT2D eigenvalue weighted by atomic mass is 10.2. The van der Waals surface area contributed by atoms with Gasteiger partial charge < -0.3 is 5.73 Å². The Bertz CT molecular complexity index is 585. The molecule has 0 aromatic heterocycles. The van der Waals surface area contributed by atoms with Crippen molar-refractivity contribution in [1.82, 2.24) is 9.21 Å². The van der Waals surface area contributed by atoms with Gasteiger partial charge in [0.25, 0.3) is 0 Å². The lowest BCUT2D eigenvalue weighted by molar-refractivity contribution is 0.257. The van der Waals surface area contributed by atoms with E-state index < -0.39 is 10.0 Å². The number of rotatable bonds is 3. The second-order valence-electron chi connectivity index (χ2n) is 6.04. The van der Waals surface area contributed by atoms with E-state index in [1.165, 1.54) is 6.42 Å². The lowest BCUT2D eigenvalue weighted by Gasteiger charge is -2.25. The fourth-order valence-corrected chi connectivity index (χ4v) is 4.94. The van der Waals surface area contributed by atoms with Crippen molar-refractivity contribution in [1.29, 1.82) is 0 Å². The molecule has 0 saturated carbocycles. The number of fused-ring (bicyclic) bond motifs is 1. The molecular formula is C15H23N3O2S. The average Bonchev–Trinajstić information content (AvgIpc) is 2.78. The molecule has 0 radical (unpaired) electrons. The second-order valence-corrected chi connectivity index (χ2v) is 8.01. The number of anilines is 1. The summed E-state index contributed by atoms with van der Waals surface area (Å²) < 4.78 is 27.0. The first kappa shape index (κ1) is 14.8. The molecule has 2 aliphatic rings. The van der Waals surface area contributed by atoms with Crippen molar-refractivity contribution in [2.24, 2.45) is 0 Å². The lowest BCUT2D eigenvalue weighted by Crippen LogP contribution is -2.40. The summed E-state index contributed by atoms with van der Waals surface area (Å²) in [6, 6.07) is 7.52. The highest BCUT2D eigenvalue weighted by Gasteiger charge is 2.33. The zero-order valence-electron chi connectivity index (χ0n) is 12.2. The van der Waals surface area contributed by atoms with Crippen molar-refractivity contribution in [2.45, 2.75) is 31.1 Å². The van der Waals surface area contributed by atoms with Crippen LogP contribution >= 0.6 is 0 Å². The van der Waals surface area contributed by atoms with Crippen LogP contribution in [-0.4, -0.2) is 49.8 Å². The molecule has 0 aliphatic carbocycles. The van der Waals surface area contributed by atoms with Gasteiger partial charge in [0.1, 0.15) is 0 Å². The average molecular weight is 309 g/mol. The van der Waals surface area contributed by atoms with E-state index in [0.29, 0.717) is 24.8 Å². The summed E-state index contributed by atoms with van der Waals surface area (Å²) in [5.74, 6) is 0.0694. The molecule has 2 aliphatic heterocycles. The molecule has 0 amide bonds. The molecule has 3 rings (SSSR count). The van der Waals surface area contributed by atoms with E-state index in [1.54, 1.807) is 28.6 Å². The minimum atomic E-state index is -3.25. The van der Waals surface area contributed by atoms with Crippen LogP contribution in [-0.2, 0) is 15.8 Å². The summed E-state index contributed by atoms with van der Waals surface area (Å²) in [6.45, 7) is 3.44. The number of hydrogen-bond acceptors (Lipinski definition) is 4. The first-order valence-electron chi connectivity index (χ1n) is 7.61. The highest BCUT2D eigenvalue weighted by atomic mass is 32.2. The molecule has 21 heavy (non-hydrogen) atoms. The minimum absolute atomic E-state index is 0.0694.